The first-order valence-corrected chi connectivity index (χ1v) is 9.81. The molecule has 0 aliphatic heterocycles. The summed E-state index contributed by atoms with van der Waals surface area (Å²) in [5, 5.41) is 21.5. The summed E-state index contributed by atoms with van der Waals surface area (Å²) in [5.74, 6) is -4.11. The zero-order valence-corrected chi connectivity index (χ0v) is 19.2. The molecule has 11 nitrogen and oxygen atoms in total. The Morgan fingerprint density at radius 2 is 1.70 bits per heavy atom. The highest BCUT2D eigenvalue weighted by Gasteiger charge is 2.61. The molecule has 0 aliphatic rings. The Labute approximate surface area is 204 Å². The van der Waals surface area contributed by atoms with Gasteiger partial charge in [0, 0.05) is 25.2 Å². The first-order valence-electron chi connectivity index (χ1n) is 9.81. The van der Waals surface area contributed by atoms with Gasteiger partial charge in [-0.15, -0.1) is 0 Å². The van der Waals surface area contributed by atoms with Crippen LogP contribution in [0.4, 0.5) is 32.2 Å². The number of benzene rings is 1. The van der Waals surface area contributed by atoms with E-state index < -0.39 is 35.4 Å². The maximum Gasteiger partial charge on any atom is 0.490 e. The molecule has 0 spiro atoms. The summed E-state index contributed by atoms with van der Waals surface area (Å²) in [7, 11) is 2.26. The van der Waals surface area contributed by atoms with Crippen LogP contribution in [0.2, 0.25) is 0 Å². The number of halogens is 6. The quantitative estimate of drug-likeness (QED) is 0.425. The van der Waals surface area contributed by atoms with Gasteiger partial charge in [-0.2, -0.15) is 36.1 Å². The van der Waals surface area contributed by atoms with E-state index in [1.807, 2.05) is 0 Å². The Kier molecular flexibility index (Phi) is 8.12. The van der Waals surface area contributed by atoms with Gasteiger partial charge < -0.3 is 20.8 Å². The fourth-order valence-electron chi connectivity index (χ4n) is 2.86. The molecule has 17 heteroatoms. The lowest BCUT2D eigenvalue weighted by molar-refractivity contribution is -0.260. The summed E-state index contributed by atoms with van der Waals surface area (Å²) in [4.78, 5) is 34.0. The fraction of sp³-hybridized carbons (Fsp3) is 0.300. The summed E-state index contributed by atoms with van der Waals surface area (Å²) in [6.45, 7) is 1.65. The van der Waals surface area contributed by atoms with E-state index in [9.17, 15) is 36.2 Å². The van der Waals surface area contributed by atoms with Gasteiger partial charge in [0.25, 0.3) is 11.5 Å². The molecule has 3 rings (SSSR count). The lowest BCUT2D eigenvalue weighted by Crippen LogP contribution is -2.54. The highest BCUT2D eigenvalue weighted by atomic mass is 19.4. The van der Waals surface area contributed by atoms with Crippen molar-refractivity contribution in [3.05, 3.63) is 48.2 Å². The molecule has 2 aromatic heterocycles. The van der Waals surface area contributed by atoms with Gasteiger partial charge in [-0.1, -0.05) is 12.1 Å². The minimum atomic E-state index is -5.25. The number of aryl methyl sites for hydroxylation is 1. The zero-order valence-electron chi connectivity index (χ0n) is 19.2. The monoisotopic (exact) mass is 535 g/mol. The highest BCUT2D eigenvalue weighted by molar-refractivity contribution is 5.87. The smallest absolute Gasteiger partial charge is 0.475 e. The molecule has 3 aromatic rings. The van der Waals surface area contributed by atoms with E-state index in [0.29, 0.717) is 10.5 Å². The van der Waals surface area contributed by atoms with Crippen LogP contribution >= 0.6 is 0 Å². The molecule has 0 saturated heterocycles. The Bertz CT molecular complexity index is 1280. The largest absolute Gasteiger partial charge is 0.490 e. The minimum absolute atomic E-state index is 0.0349. The molecule has 1 amide bonds. The number of rotatable bonds is 4. The summed E-state index contributed by atoms with van der Waals surface area (Å²) < 4.78 is 74.3. The number of nitrogens with two attached hydrogens (primary N) is 1. The number of carbonyl (C=O) groups excluding carboxylic acids is 1. The number of hydrogen-bond acceptors (Lipinski definition) is 8. The second kappa shape index (κ2) is 10.4. The van der Waals surface area contributed by atoms with E-state index in [4.69, 9.17) is 15.6 Å². The lowest BCUT2D eigenvalue weighted by atomic mass is 9.88. The summed E-state index contributed by atoms with van der Waals surface area (Å²) in [6.07, 6.45) is -6.45. The number of aliphatic carboxylic acids is 1. The zero-order chi connectivity index (χ0) is 28.3. The van der Waals surface area contributed by atoms with E-state index in [2.05, 4.69) is 20.1 Å². The predicted molar refractivity (Wildman–Crippen MR) is 114 cm³/mol. The van der Waals surface area contributed by atoms with Crippen LogP contribution in [0, 0.1) is 6.92 Å². The van der Waals surface area contributed by atoms with Crippen molar-refractivity contribution < 1.29 is 46.1 Å². The van der Waals surface area contributed by atoms with Crippen molar-refractivity contribution in [2.24, 2.45) is 0 Å². The van der Waals surface area contributed by atoms with Crippen LogP contribution < -0.4 is 5.73 Å². The molecule has 1 unspecified atom stereocenters. The van der Waals surface area contributed by atoms with Gasteiger partial charge in [0.2, 0.25) is 0 Å². The first-order chi connectivity index (χ1) is 16.9. The van der Waals surface area contributed by atoms with Gasteiger partial charge in [0.1, 0.15) is 12.7 Å². The average molecular weight is 535 g/mol. The van der Waals surface area contributed by atoms with Gasteiger partial charge in [-0.3, -0.25) is 4.79 Å². The maximum atomic E-state index is 13.8. The molecule has 37 heavy (non-hydrogen) atoms. The molecule has 200 valence electrons. The molecule has 1 aromatic carbocycles. The second-order valence-electron chi connectivity index (χ2n) is 7.54. The molecular formula is C20H19F6N7O4. The van der Waals surface area contributed by atoms with Crippen molar-refractivity contribution in [3.8, 4) is 17.1 Å². The number of amides is 1. The Hall–Kier alpha value is -4.28. The molecule has 0 radical (unpaired) electrons. The second-order valence-corrected chi connectivity index (χ2v) is 7.54. The molecule has 1 atom stereocenters. The highest BCUT2D eigenvalue weighted by Crippen LogP contribution is 2.41. The lowest BCUT2D eigenvalue weighted by Gasteiger charge is -2.32. The minimum Gasteiger partial charge on any atom is -0.475 e. The maximum absolute atomic E-state index is 13.8. The summed E-state index contributed by atoms with van der Waals surface area (Å²) >= 11 is 0. The van der Waals surface area contributed by atoms with Crippen molar-refractivity contribution in [3.63, 3.8) is 0 Å². The Morgan fingerprint density at radius 1 is 1.11 bits per heavy atom. The summed E-state index contributed by atoms with van der Waals surface area (Å²) in [6, 6.07) is 3.48. The third-order valence-corrected chi connectivity index (χ3v) is 4.72. The van der Waals surface area contributed by atoms with E-state index in [0.717, 1.165) is 26.2 Å². The normalized spacial score (nSPS) is 13.2. The van der Waals surface area contributed by atoms with E-state index in [1.165, 1.54) is 29.6 Å². The number of hydrogen-bond donors (Lipinski definition) is 3. The van der Waals surface area contributed by atoms with Crippen molar-refractivity contribution in [2.45, 2.75) is 24.9 Å². The van der Waals surface area contributed by atoms with E-state index in [1.54, 1.807) is 6.92 Å². The molecule has 2 heterocycles. The molecular weight excluding hydrogens is 516 g/mol. The van der Waals surface area contributed by atoms with Gasteiger partial charge in [-0.05, 0) is 18.6 Å². The standard InChI is InChI=1S/C18H18F3N7O2.C2HF3O2/c1-10-4-5-11(17(30,18(19,20)21)16(29)27(2)3)6-12(10)13-7-24-14(22)15(26-13)28-9-23-8-25-28;3-2(4,5)1(6)7/h4-9,30H,1-3H3,(H2,22,24);(H,6,7). The van der Waals surface area contributed by atoms with Crippen LogP contribution in [0.3, 0.4) is 0 Å². The third kappa shape index (κ3) is 6.11. The molecule has 0 fully saturated rings. The number of likely N-dealkylation sites (N-methyl/N-ethyl adjacent to an activating group) is 1. The van der Waals surface area contributed by atoms with Gasteiger partial charge in [0.15, 0.2) is 11.6 Å². The first kappa shape index (κ1) is 29.0. The molecule has 0 saturated carbocycles. The van der Waals surface area contributed by atoms with Gasteiger partial charge >= 0.3 is 18.3 Å². The topological polar surface area (TPSA) is 160 Å². The Balaban J connectivity index is 0.000000604. The fourth-order valence-corrected chi connectivity index (χ4v) is 2.86. The van der Waals surface area contributed by atoms with Crippen LogP contribution in [0.15, 0.2) is 37.1 Å². The number of nitrogen functional groups attached to an aromatic ring is 1. The van der Waals surface area contributed by atoms with Crippen LogP contribution in [0.25, 0.3) is 17.1 Å². The Morgan fingerprint density at radius 3 is 2.16 bits per heavy atom. The molecule has 0 bridgehead atoms. The predicted octanol–water partition coefficient (Wildman–Crippen LogP) is 2.09. The number of anilines is 1. The number of carboxylic acid groups (broad SMARTS) is 1. The van der Waals surface area contributed by atoms with E-state index in [-0.39, 0.29) is 22.9 Å². The van der Waals surface area contributed by atoms with E-state index >= 15 is 0 Å². The number of carboxylic acids is 1. The van der Waals surface area contributed by atoms with Gasteiger partial charge in [-0.25, -0.2) is 19.7 Å². The average Bonchev–Trinajstić information content (AvgIpc) is 3.32. The number of aromatic nitrogens is 5. The van der Waals surface area contributed by atoms with Crippen molar-refractivity contribution >= 4 is 17.7 Å². The SMILES string of the molecule is Cc1ccc(C(O)(C(=O)N(C)C)C(F)(F)F)cc1-c1cnc(N)c(-n2cncn2)n1.O=C(O)C(F)(F)F. The van der Waals surface area contributed by atoms with Crippen LogP contribution in [-0.4, -0.2) is 78.2 Å². The third-order valence-electron chi connectivity index (χ3n) is 4.72. The number of alkyl halides is 6. The van der Waals surface area contributed by atoms with Crippen LogP contribution in [0.1, 0.15) is 11.1 Å². The molecule has 4 N–H and O–H groups in total. The number of aliphatic hydroxyl groups is 1. The number of nitrogens with zero attached hydrogens (tertiary/aromatic N) is 6. The van der Waals surface area contributed by atoms with Crippen molar-refractivity contribution in [2.75, 3.05) is 19.8 Å². The van der Waals surface area contributed by atoms with Gasteiger partial charge in [0.05, 0.1) is 11.9 Å². The number of carbonyl (C=O) groups is 2. The van der Waals surface area contributed by atoms with Crippen molar-refractivity contribution in [1.82, 2.24) is 29.6 Å². The summed E-state index contributed by atoms with van der Waals surface area (Å²) in [5.41, 5.74) is 2.41. The van der Waals surface area contributed by atoms with Crippen LogP contribution in [0.5, 0.6) is 0 Å². The van der Waals surface area contributed by atoms with Crippen LogP contribution in [-0.2, 0) is 15.2 Å². The molecule has 0 aliphatic carbocycles. The van der Waals surface area contributed by atoms with Crippen molar-refractivity contribution in [1.29, 1.82) is 0 Å².